The van der Waals surface area contributed by atoms with Gasteiger partial charge in [-0.05, 0) is 56.3 Å². The molecule has 0 aromatic rings. The molecule has 0 N–H and O–H groups in total. The molecular formula is C17H24O2. The summed E-state index contributed by atoms with van der Waals surface area (Å²) in [5, 5.41) is 0. The molecule has 2 heteroatoms. The normalized spacial score (nSPS) is 49.5. The molecule has 19 heavy (non-hydrogen) atoms. The van der Waals surface area contributed by atoms with Crippen LogP contribution in [-0.2, 0) is 9.59 Å². The highest BCUT2D eigenvalue weighted by molar-refractivity contribution is 5.91. The molecule has 5 saturated carbocycles. The van der Waals surface area contributed by atoms with Crippen LogP contribution in [0.15, 0.2) is 0 Å². The van der Waals surface area contributed by atoms with Crippen molar-refractivity contribution < 1.29 is 9.59 Å². The average molecular weight is 260 g/mol. The zero-order valence-electron chi connectivity index (χ0n) is 11.6. The number of fused-ring (bicyclic) bond motifs is 1. The van der Waals surface area contributed by atoms with Crippen LogP contribution in [-0.4, -0.2) is 11.6 Å². The van der Waals surface area contributed by atoms with Crippen LogP contribution in [0.2, 0.25) is 0 Å². The molecule has 0 aromatic heterocycles. The minimum atomic E-state index is 0.513. The smallest absolute Gasteiger partial charge is 0.139 e. The van der Waals surface area contributed by atoms with Crippen molar-refractivity contribution in [3.05, 3.63) is 0 Å². The largest absolute Gasteiger partial charge is 0.299 e. The third kappa shape index (κ3) is 1.75. The number of carbonyl (C=O) groups is 2. The Morgan fingerprint density at radius 3 is 1.95 bits per heavy atom. The molecule has 0 bridgehead atoms. The second kappa shape index (κ2) is 4.43. The van der Waals surface area contributed by atoms with Crippen LogP contribution in [0.25, 0.3) is 0 Å². The number of carbonyl (C=O) groups excluding carboxylic acids is 2. The first kappa shape index (κ1) is 12.1. The summed E-state index contributed by atoms with van der Waals surface area (Å²) in [7, 11) is 0. The second-order valence-electron chi connectivity index (χ2n) is 7.43. The predicted octanol–water partition coefficient (Wildman–Crippen LogP) is 3.39. The zero-order valence-corrected chi connectivity index (χ0v) is 11.6. The van der Waals surface area contributed by atoms with Crippen LogP contribution in [0, 0.1) is 35.5 Å². The summed E-state index contributed by atoms with van der Waals surface area (Å²) >= 11 is 0. The highest BCUT2D eigenvalue weighted by Crippen LogP contribution is 2.59. The summed E-state index contributed by atoms with van der Waals surface area (Å²) in [6, 6.07) is 0. The number of ketones is 2. The Hall–Kier alpha value is -0.660. The maximum atomic E-state index is 11.3. The summed E-state index contributed by atoms with van der Waals surface area (Å²) in [6.07, 6.45) is 11.3. The maximum Gasteiger partial charge on any atom is 0.139 e. The van der Waals surface area contributed by atoms with Crippen molar-refractivity contribution in [2.45, 2.75) is 57.8 Å². The van der Waals surface area contributed by atoms with Gasteiger partial charge in [-0.3, -0.25) is 9.59 Å². The molecule has 3 unspecified atom stereocenters. The fourth-order valence-electron chi connectivity index (χ4n) is 5.58. The highest BCUT2D eigenvalue weighted by atomic mass is 16.1. The van der Waals surface area contributed by atoms with Gasteiger partial charge in [-0.25, -0.2) is 0 Å². The lowest BCUT2D eigenvalue weighted by atomic mass is 9.65. The van der Waals surface area contributed by atoms with Crippen molar-refractivity contribution in [3.8, 4) is 0 Å². The Balaban J connectivity index is 0.000000103. The van der Waals surface area contributed by atoms with Crippen molar-refractivity contribution in [2.75, 3.05) is 0 Å². The van der Waals surface area contributed by atoms with E-state index in [1.54, 1.807) is 0 Å². The Morgan fingerprint density at radius 2 is 1.37 bits per heavy atom. The molecule has 104 valence electrons. The Labute approximate surface area is 115 Å². The molecule has 0 spiro atoms. The Bertz CT molecular complexity index is 395. The van der Waals surface area contributed by atoms with Gasteiger partial charge in [0.2, 0.25) is 0 Å². The van der Waals surface area contributed by atoms with Crippen LogP contribution in [0.4, 0.5) is 0 Å². The molecular weight excluding hydrogens is 236 g/mol. The molecule has 2 nitrogen and oxygen atoms in total. The van der Waals surface area contributed by atoms with Gasteiger partial charge in [0.15, 0.2) is 0 Å². The van der Waals surface area contributed by atoms with Crippen LogP contribution < -0.4 is 0 Å². The molecule has 5 aliphatic carbocycles. The fraction of sp³-hybridized carbons (Fsp3) is 0.882. The van der Waals surface area contributed by atoms with Crippen LogP contribution >= 0.6 is 0 Å². The topological polar surface area (TPSA) is 34.1 Å². The van der Waals surface area contributed by atoms with Crippen molar-refractivity contribution in [1.29, 1.82) is 0 Å². The highest BCUT2D eigenvalue weighted by Gasteiger charge is 2.58. The van der Waals surface area contributed by atoms with Crippen molar-refractivity contribution in [3.63, 3.8) is 0 Å². The number of hydrogen-bond donors (Lipinski definition) is 0. The molecule has 4 atom stereocenters. The summed E-state index contributed by atoms with van der Waals surface area (Å²) in [4.78, 5) is 22.2. The lowest BCUT2D eigenvalue weighted by Gasteiger charge is -2.38. The fourth-order valence-corrected chi connectivity index (χ4v) is 5.58. The van der Waals surface area contributed by atoms with Crippen molar-refractivity contribution in [2.24, 2.45) is 35.5 Å². The van der Waals surface area contributed by atoms with E-state index in [4.69, 9.17) is 0 Å². The minimum Gasteiger partial charge on any atom is -0.299 e. The van der Waals surface area contributed by atoms with Gasteiger partial charge in [0.05, 0.1) is 0 Å². The SMILES string of the molecule is O=C1C2CCC3CCC1C32.O=C1CC2CCCC[C@@H]12. The quantitative estimate of drug-likeness (QED) is 0.669. The van der Waals surface area contributed by atoms with E-state index in [1.165, 1.54) is 51.4 Å². The Kier molecular flexibility index (Phi) is 2.82. The monoisotopic (exact) mass is 260 g/mol. The van der Waals surface area contributed by atoms with E-state index in [0.717, 1.165) is 24.2 Å². The molecule has 0 amide bonds. The third-order valence-electron chi connectivity index (χ3n) is 6.69. The third-order valence-corrected chi connectivity index (χ3v) is 6.69. The summed E-state index contributed by atoms with van der Waals surface area (Å²) in [5.41, 5.74) is 0. The molecule has 0 heterocycles. The van der Waals surface area contributed by atoms with E-state index in [2.05, 4.69) is 0 Å². The molecule has 0 aliphatic heterocycles. The van der Waals surface area contributed by atoms with Gasteiger partial charge in [-0.15, -0.1) is 0 Å². The van der Waals surface area contributed by atoms with Gasteiger partial charge >= 0.3 is 0 Å². The van der Waals surface area contributed by atoms with Gasteiger partial charge in [0, 0.05) is 24.2 Å². The molecule has 5 fully saturated rings. The van der Waals surface area contributed by atoms with Crippen LogP contribution in [0.5, 0.6) is 0 Å². The van der Waals surface area contributed by atoms with Gasteiger partial charge in [-0.2, -0.15) is 0 Å². The van der Waals surface area contributed by atoms with E-state index >= 15 is 0 Å². The molecule has 0 aromatic carbocycles. The summed E-state index contributed by atoms with van der Waals surface area (Å²) in [5.74, 6) is 5.39. The van der Waals surface area contributed by atoms with E-state index in [1.807, 2.05) is 0 Å². The first-order valence-electron chi connectivity index (χ1n) is 8.32. The van der Waals surface area contributed by atoms with E-state index < -0.39 is 0 Å². The van der Waals surface area contributed by atoms with E-state index in [-0.39, 0.29) is 0 Å². The number of hydrogen-bond acceptors (Lipinski definition) is 2. The van der Waals surface area contributed by atoms with Gasteiger partial charge in [0.1, 0.15) is 11.6 Å². The predicted molar refractivity (Wildman–Crippen MR) is 72.5 cm³/mol. The van der Waals surface area contributed by atoms with Crippen LogP contribution in [0.1, 0.15) is 57.8 Å². The first-order chi connectivity index (χ1) is 9.25. The molecule has 0 radical (unpaired) electrons. The molecule has 5 aliphatic rings. The van der Waals surface area contributed by atoms with Gasteiger partial charge in [-0.1, -0.05) is 12.8 Å². The maximum absolute atomic E-state index is 11.3. The van der Waals surface area contributed by atoms with E-state index in [0.29, 0.717) is 29.3 Å². The van der Waals surface area contributed by atoms with Crippen molar-refractivity contribution >= 4 is 11.6 Å². The van der Waals surface area contributed by atoms with Crippen molar-refractivity contribution in [1.82, 2.24) is 0 Å². The summed E-state index contributed by atoms with van der Waals surface area (Å²) < 4.78 is 0. The number of rotatable bonds is 0. The standard InChI is InChI=1S/C9H12O.C8H12O/c10-9-6-3-1-5-2-4-7(9)8(5)6;9-8-5-6-3-1-2-4-7(6)8/h5-8H,1-4H2;6-7H,1-5H2/t;6?,7-/m.1/s1. The van der Waals surface area contributed by atoms with Crippen LogP contribution in [0.3, 0.4) is 0 Å². The zero-order chi connectivity index (χ0) is 13.0. The summed E-state index contributed by atoms with van der Waals surface area (Å²) in [6.45, 7) is 0. The number of Topliss-reactive ketones (excluding diaryl/α,β-unsaturated/α-hetero) is 2. The lowest BCUT2D eigenvalue weighted by Crippen LogP contribution is -2.42. The minimum absolute atomic E-state index is 0.513. The molecule has 5 rings (SSSR count). The Morgan fingerprint density at radius 1 is 0.684 bits per heavy atom. The average Bonchev–Trinajstić information content (AvgIpc) is 2.93. The van der Waals surface area contributed by atoms with Gasteiger partial charge < -0.3 is 0 Å². The second-order valence-corrected chi connectivity index (χ2v) is 7.43. The lowest BCUT2D eigenvalue weighted by molar-refractivity contribution is -0.139. The van der Waals surface area contributed by atoms with Gasteiger partial charge in [0.25, 0.3) is 0 Å². The van der Waals surface area contributed by atoms with E-state index in [9.17, 15) is 9.59 Å². The first-order valence-corrected chi connectivity index (χ1v) is 8.32. The molecule has 0 saturated heterocycles.